The van der Waals surface area contributed by atoms with E-state index in [1.165, 1.54) is 11.3 Å². The summed E-state index contributed by atoms with van der Waals surface area (Å²) < 4.78 is 0. The first-order valence-electron chi connectivity index (χ1n) is 8.08. The number of thiophene rings is 1. The second kappa shape index (κ2) is 7.59. The third kappa shape index (κ3) is 3.83. The van der Waals surface area contributed by atoms with Crippen LogP contribution >= 0.6 is 11.3 Å². The van der Waals surface area contributed by atoms with E-state index < -0.39 is 0 Å². The topological polar surface area (TPSA) is 61.4 Å². The summed E-state index contributed by atoms with van der Waals surface area (Å²) in [6, 6.07) is 11.0. The van der Waals surface area contributed by atoms with Gasteiger partial charge in [-0.3, -0.25) is 9.59 Å². The van der Waals surface area contributed by atoms with E-state index in [9.17, 15) is 9.59 Å². The lowest BCUT2D eigenvalue weighted by Gasteiger charge is -2.31. The van der Waals surface area contributed by atoms with E-state index in [0.29, 0.717) is 16.1 Å². The molecule has 3 rings (SSSR count). The molecule has 2 amide bonds. The lowest BCUT2D eigenvalue weighted by molar-refractivity contribution is 0.0703. The number of amides is 2. The van der Waals surface area contributed by atoms with Crippen molar-refractivity contribution < 1.29 is 9.59 Å². The maximum atomic E-state index is 12.7. The number of nitrogens with zero attached hydrogens (tertiary/aromatic N) is 1. The van der Waals surface area contributed by atoms with Crippen molar-refractivity contribution in [1.29, 1.82) is 0 Å². The van der Waals surface area contributed by atoms with Crippen LogP contribution in [0.3, 0.4) is 0 Å². The fraction of sp³-hybridized carbons (Fsp3) is 0.333. The number of carbonyl (C=O) groups excluding carboxylic acids is 2. The molecule has 1 aliphatic rings. The molecule has 0 atom stereocenters. The van der Waals surface area contributed by atoms with Crippen LogP contribution in [-0.2, 0) is 0 Å². The smallest absolute Gasteiger partial charge is 0.265 e. The molecule has 0 spiro atoms. The van der Waals surface area contributed by atoms with Crippen molar-refractivity contribution in [3.8, 4) is 0 Å². The fourth-order valence-corrected chi connectivity index (χ4v) is 3.51. The maximum absolute atomic E-state index is 12.7. The molecule has 1 fully saturated rings. The second-order valence-corrected chi connectivity index (χ2v) is 6.86. The highest BCUT2D eigenvalue weighted by molar-refractivity contribution is 7.12. The molecule has 1 aromatic carbocycles. The van der Waals surface area contributed by atoms with Crippen LogP contribution in [0.5, 0.6) is 0 Å². The Hall–Kier alpha value is -2.18. The van der Waals surface area contributed by atoms with Crippen LogP contribution in [0.15, 0.2) is 41.8 Å². The van der Waals surface area contributed by atoms with Crippen molar-refractivity contribution in [1.82, 2.24) is 10.2 Å². The van der Waals surface area contributed by atoms with E-state index in [1.54, 1.807) is 30.3 Å². The minimum absolute atomic E-state index is 0.00544. The van der Waals surface area contributed by atoms with E-state index in [4.69, 9.17) is 0 Å². The third-order valence-corrected chi connectivity index (χ3v) is 5.16. The molecule has 0 aliphatic carbocycles. The van der Waals surface area contributed by atoms with Crippen LogP contribution in [0, 0.1) is 0 Å². The van der Waals surface area contributed by atoms with Crippen molar-refractivity contribution in [3.63, 3.8) is 0 Å². The van der Waals surface area contributed by atoms with Gasteiger partial charge in [0.1, 0.15) is 0 Å². The molecule has 24 heavy (non-hydrogen) atoms. The number of hydrogen-bond donors (Lipinski definition) is 2. The summed E-state index contributed by atoms with van der Waals surface area (Å²) in [5.41, 5.74) is 1.23. The van der Waals surface area contributed by atoms with Gasteiger partial charge >= 0.3 is 0 Å². The molecular formula is C18H21N3O2S. The number of anilines is 1. The van der Waals surface area contributed by atoms with Gasteiger partial charge < -0.3 is 15.5 Å². The Labute approximate surface area is 145 Å². The Morgan fingerprint density at radius 3 is 2.71 bits per heavy atom. The van der Waals surface area contributed by atoms with E-state index >= 15 is 0 Å². The van der Waals surface area contributed by atoms with Crippen molar-refractivity contribution in [2.75, 3.05) is 25.5 Å². The van der Waals surface area contributed by atoms with Crippen LogP contribution in [-0.4, -0.2) is 42.9 Å². The van der Waals surface area contributed by atoms with Gasteiger partial charge in [-0.25, -0.2) is 0 Å². The molecule has 126 valence electrons. The first kappa shape index (κ1) is 16.7. The van der Waals surface area contributed by atoms with Gasteiger partial charge in [0.25, 0.3) is 11.8 Å². The van der Waals surface area contributed by atoms with Crippen LogP contribution in [0.4, 0.5) is 5.69 Å². The molecular weight excluding hydrogens is 322 g/mol. The molecule has 5 nitrogen and oxygen atoms in total. The van der Waals surface area contributed by atoms with E-state index in [-0.39, 0.29) is 17.9 Å². The Balaban J connectivity index is 1.70. The highest BCUT2D eigenvalue weighted by Gasteiger charge is 2.23. The van der Waals surface area contributed by atoms with Gasteiger partial charge in [-0.2, -0.15) is 0 Å². The summed E-state index contributed by atoms with van der Waals surface area (Å²) >= 11 is 1.39. The predicted octanol–water partition coefficient (Wildman–Crippen LogP) is 2.82. The maximum Gasteiger partial charge on any atom is 0.265 e. The number of hydrogen-bond acceptors (Lipinski definition) is 4. The SMILES string of the molecule is CN(C(=O)c1cccc(NC(=O)c2cccs2)c1)C1CCNCC1. The molecule has 1 aliphatic heterocycles. The number of carbonyl (C=O) groups is 2. The molecule has 0 saturated carbocycles. The van der Waals surface area contributed by atoms with Crippen LogP contribution in [0.1, 0.15) is 32.9 Å². The number of piperidine rings is 1. The lowest BCUT2D eigenvalue weighted by atomic mass is 10.0. The van der Waals surface area contributed by atoms with Crippen LogP contribution in [0.25, 0.3) is 0 Å². The van der Waals surface area contributed by atoms with Crippen LogP contribution in [0.2, 0.25) is 0 Å². The second-order valence-electron chi connectivity index (χ2n) is 5.91. The highest BCUT2D eigenvalue weighted by Crippen LogP contribution is 2.18. The Bertz CT molecular complexity index is 709. The highest BCUT2D eigenvalue weighted by atomic mass is 32.1. The third-order valence-electron chi connectivity index (χ3n) is 4.29. The number of nitrogens with one attached hydrogen (secondary N) is 2. The zero-order chi connectivity index (χ0) is 16.9. The number of rotatable bonds is 4. The average Bonchev–Trinajstić information content (AvgIpc) is 3.16. The van der Waals surface area contributed by atoms with Crippen molar-refractivity contribution in [2.24, 2.45) is 0 Å². The number of benzene rings is 1. The molecule has 2 aromatic rings. The molecule has 0 unspecified atom stereocenters. The van der Waals surface area contributed by atoms with Gasteiger partial charge in [0, 0.05) is 24.3 Å². The first-order valence-corrected chi connectivity index (χ1v) is 8.96. The fourth-order valence-electron chi connectivity index (χ4n) is 2.89. The van der Waals surface area contributed by atoms with Gasteiger partial charge in [-0.05, 0) is 55.6 Å². The molecule has 1 aromatic heterocycles. The van der Waals surface area contributed by atoms with Gasteiger partial charge in [0.05, 0.1) is 4.88 Å². The van der Waals surface area contributed by atoms with Crippen molar-refractivity contribution >= 4 is 28.8 Å². The molecule has 6 heteroatoms. The molecule has 2 N–H and O–H groups in total. The van der Waals surface area contributed by atoms with E-state index in [2.05, 4.69) is 10.6 Å². The van der Waals surface area contributed by atoms with E-state index in [1.807, 2.05) is 23.4 Å². The Morgan fingerprint density at radius 1 is 1.21 bits per heavy atom. The summed E-state index contributed by atoms with van der Waals surface area (Å²) in [6.45, 7) is 1.89. The summed E-state index contributed by atoms with van der Waals surface area (Å²) in [7, 11) is 1.86. The monoisotopic (exact) mass is 343 g/mol. The van der Waals surface area contributed by atoms with Gasteiger partial charge in [-0.15, -0.1) is 11.3 Å². The molecule has 2 heterocycles. The molecule has 0 radical (unpaired) electrons. The molecule has 1 saturated heterocycles. The lowest BCUT2D eigenvalue weighted by Crippen LogP contribution is -2.43. The minimum Gasteiger partial charge on any atom is -0.339 e. The summed E-state index contributed by atoms with van der Waals surface area (Å²) in [6.07, 6.45) is 1.94. The van der Waals surface area contributed by atoms with Crippen molar-refractivity contribution in [2.45, 2.75) is 18.9 Å². The zero-order valence-corrected chi connectivity index (χ0v) is 14.4. The van der Waals surface area contributed by atoms with Crippen LogP contribution < -0.4 is 10.6 Å². The van der Waals surface area contributed by atoms with Gasteiger partial charge in [-0.1, -0.05) is 12.1 Å². The predicted molar refractivity (Wildman–Crippen MR) is 96.7 cm³/mol. The molecule has 0 bridgehead atoms. The summed E-state index contributed by atoms with van der Waals surface area (Å²) in [5, 5.41) is 8.02. The Morgan fingerprint density at radius 2 is 2.00 bits per heavy atom. The van der Waals surface area contributed by atoms with E-state index in [0.717, 1.165) is 25.9 Å². The Kier molecular flexibility index (Phi) is 5.27. The summed E-state index contributed by atoms with van der Waals surface area (Å²) in [4.78, 5) is 27.3. The standard InChI is InChI=1S/C18H21N3O2S/c1-21(15-7-9-19-10-8-15)18(23)13-4-2-5-14(12-13)20-17(22)16-6-3-11-24-16/h2-6,11-12,15,19H,7-10H2,1H3,(H,20,22). The van der Waals surface area contributed by atoms with Crippen molar-refractivity contribution in [3.05, 3.63) is 52.2 Å². The quantitative estimate of drug-likeness (QED) is 0.897. The largest absolute Gasteiger partial charge is 0.339 e. The van der Waals surface area contributed by atoms with Gasteiger partial charge in [0.15, 0.2) is 0 Å². The zero-order valence-electron chi connectivity index (χ0n) is 13.6. The normalized spacial score (nSPS) is 15.0. The first-order chi connectivity index (χ1) is 11.6. The minimum atomic E-state index is -0.152. The van der Waals surface area contributed by atoms with Gasteiger partial charge in [0.2, 0.25) is 0 Å². The summed E-state index contributed by atoms with van der Waals surface area (Å²) in [5.74, 6) is -0.157. The average molecular weight is 343 g/mol.